The summed E-state index contributed by atoms with van der Waals surface area (Å²) < 4.78 is 7.59. The largest absolute Gasteiger partial charge is 0.459 e. The molecule has 0 aliphatic rings. The molecule has 0 aromatic carbocycles. The molecular formula is C15H12N4OS2. The molecule has 0 aliphatic carbocycles. The number of aryl methyl sites for hydroxylation is 1. The molecule has 4 aromatic heterocycles. The third-order valence-corrected chi connectivity index (χ3v) is 5.02. The second-order valence-electron chi connectivity index (χ2n) is 4.75. The third kappa shape index (κ3) is 2.53. The van der Waals surface area contributed by atoms with Crippen LogP contribution in [0.3, 0.4) is 0 Å². The van der Waals surface area contributed by atoms with Gasteiger partial charge in [0.15, 0.2) is 21.6 Å². The fourth-order valence-electron chi connectivity index (χ4n) is 2.09. The highest BCUT2D eigenvalue weighted by Crippen LogP contribution is 2.28. The first-order chi connectivity index (χ1) is 10.8. The maximum Gasteiger partial charge on any atom is 0.195 e. The lowest BCUT2D eigenvalue weighted by Crippen LogP contribution is -1.87. The van der Waals surface area contributed by atoms with E-state index in [1.54, 1.807) is 23.1 Å². The Hall–Kier alpha value is -2.12. The Morgan fingerprint density at radius 2 is 2.18 bits per heavy atom. The fraction of sp³-hybridized carbons (Fsp3) is 0.133. The van der Waals surface area contributed by atoms with Gasteiger partial charge in [-0.3, -0.25) is 4.40 Å². The van der Waals surface area contributed by atoms with E-state index < -0.39 is 0 Å². The summed E-state index contributed by atoms with van der Waals surface area (Å²) in [5, 5.41) is 12.2. The second-order valence-corrected chi connectivity index (χ2v) is 6.55. The highest BCUT2D eigenvalue weighted by atomic mass is 32.2. The zero-order valence-corrected chi connectivity index (χ0v) is 13.4. The van der Waals surface area contributed by atoms with Crippen LogP contribution in [0.4, 0.5) is 0 Å². The number of hydrogen-bond donors (Lipinski definition) is 0. The van der Waals surface area contributed by atoms with Crippen molar-refractivity contribution in [1.82, 2.24) is 19.6 Å². The van der Waals surface area contributed by atoms with Crippen molar-refractivity contribution >= 4 is 28.7 Å². The predicted octanol–water partition coefficient (Wildman–Crippen LogP) is 4.05. The molecule has 110 valence electrons. The zero-order valence-electron chi connectivity index (χ0n) is 11.8. The lowest BCUT2D eigenvalue weighted by atomic mass is 10.4. The molecule has 0 bridgehead atoms. The lowest BCUT2D eigenvalue weighted by Gasteiger charge is -1.97. The van der Waals surface area contributed by atoms with Gasteiger partial charge >= 0.3 is 0 Å². The second kappa shape index (κ2) is 5.58. The van der Waals surface area contributed by atoms with E-state index in [2.05, 4.69) is 20.6 Å². The van der Waals surface area contributed by atoms with Crippen LogP contribution in [0.15, 0.2) is 51.5 Å². The monoisotopic (exact) mass is 328 g/mol. The van der Waals surface area contributed by atoms with E-state index in [1.165, 1.54) is 0 Å². The Labute approximate surface area is 135 Å². The standard InChI is InChI=1S/C15H12N4OS2/c1-10-5-6-12(20-10)14-16-11(8-21-14)9-22-15-18-17-13-4-2-3-7-19(13)15/h2-8H,9H2,1H3. The summed E-state index contributed by atoms with van der Waals surface area (Å²) in [6.45, 7) is 1.93. The Morgan fingerprint density at radius 3 is 3.05 bits per heavy atom. The van der Waals surface area contributed by atoms with Crippen LogP contribution in [-0.4, -0.2) is 19.6 Å². The van der Waals surface area contributed by atoms with Crippen molar-refractivity contribution in [3.8, 4) is 10.8 Å². The van der Waals surface area contributed by atoms with Crippen molar-refractivity contribution < 1.29 is 4.42 Å². The van der Waals surface area contributed by atoms with E-state index >= 15 is 0 Å². The van der Waals surface area contributed by atoms with Gasteiger partial charge in [-0.15, -0.1) is 21.5 Å². The van der Waals surface area contributed by atoms with Gasteiger partial charge in [0.2, 0.25) is 0 Å². The van der Waals surface area contributed by atoms with Gasteiger partial charge in [-0.2, -0.15) is 0 Å². The van der Waals surface area contributed by atoms with Crippen LogP contribution >= 0.6 is 23.1 Å². The molecule has 0 unspecified atom stereocenters. The Morgan fingerprint density at radius 1 is 1.23 bits per heavy atom. The first kappa shape index (κ1) is 13.5. The summed E-state index contributed by atoms with van der Waals surface area (Å²) >= 11 is 3.22. The van der Waals surface area contributed by atoms with E-state index in [4.69, 9.17) is 4.42 Å². The van der Waals surface area contributed by atoms with Gasteiger partial charge in [-0.1, -0.05) is 17.8 Å². The molecule has 7 heteroatoms. The minimum Gasteiger partial charge on any atom is -0.459 e. The fourth-order valence-corrected chi connectivity index (χ4v) is 3.79. The highest BCUT2D eigenvalue weighted by molar-refractivity contribution is 7.98. The predicted molar refractivity (Wildman–Crippen MR) is 87.1 cm³/mol. The third-order valence-electron chi connectivity index (χ3n) is 3.13. The smallest absolute Gasteiger partial charge is 0.195 e. The van der Waals surface area contributed by atoms with Crippen LogP contribution < -0.4 is 0 Å². The average molecular weight is 328 g/mol. The quantitative estimate of drug-likeness (QED) is 0.529. The van der Waals surface area contributed by atoms with E-state index in [-0.39, 0.29) is 0 Å². The van der Waals surface area contributed by atoms with Gasteiger partial charge in [0.1, 0.15) is 5.76 Å². The first-order valence-electron chi connectivity index (χ1n) is 6.73. The van der Waals surface area contributed by atoms with Crippen molar-refractivity contribution in [1.29, 1.82) is 0 Å². The van der Waals surface area contributed by atoms with Crippen LogP contribution in [0.25, 0.3) is 16.4 Å². The lowest BCUT2D eigenvalue weighted by molar-refractivity contribution is 0.548. The van der Waals surface area contributed by atoms with Gasteiger partial charge < -0.3 is 4.42 Å². The summed E-state index contributed by atoms with van der Waals surface area (Å²) in [7, 11) is 0. The minimum atomic E-state index is 0.756. The number of furan rings is 1. The normalized spacial score (nSPS) is 11.3. The summed E-state index contributed by atoms with van der Waals surface area (Å²) in [6, 6.07) is 9.78. The number of hydrogen-bond acceptors (Lipinski definition) is 6. The number of aromatic nitrogens is 4. The molecule has 0 atom stereocenters. The molecule has 0 amide bonds. The van der Waals surface area contributed by atoms with Gasteiger partial charge in [0.05, 0.1) is 5.69 Å². The Bertz CT molecular complexity index is 924. The van der Waals surface area contributed by atoms with Crippen molar-refractivity contribution in [2.45, 2.75) is 17.8 Å². The summed E-state index contributed by atoms with van der Waals surface area (Å²) in [4.78, 5) is 4.62. The molecular weight excluding hydrogens is 316 g/mol. The van der Waals surface area contributed by atoms with Gasteiger partial charge in [0, 0.05) is 17.3 Å². The number of thioether (sulfide) groups is 1. The topological polar surface area (TPSA) is 56.2 Å². The van der Waals surface area contributed by atoms with Crippen LogP contribution in [-0.2, 0) is 5.75 Å². The number of nitrogens with zero attached hydrogens (tertiary/aromatic N) is 4. The molecule has 0 fully saturated rings. The number of fused-ring (bicyclic) bond motifs is 1. The molecule has 0 saturated carbocycles. The van der Waals surface area contributed by atoms with Crippen LogP contribution in [0, 0.1) is 6.92 Å². The van der Waals surface area contributed by atoms with E-state index in [0.717, 1.165) is 38.8 Å². The highest BCUT2D eigenvalue weighted by Gasteiger charge is 2.10. The van der Waals surface area contributed by atoms with Gasteiger partial charge in [-0.25, -0.2) is 4.98 Å². The molecule has 4 heterocycles. The Balaban J connectivity index is 1.51. The maximum absolute atomic E-state index is 5.61. The van der Waals surface area contributed by atoms with Gasteiger partial charge in [-0.05, 0) is 31.2 Å². The summed E-state index contributed by atoms with van der Waals surface area (Å²) in [5.74, 6) is 2.48. The van der Waals surface area contributed by atoms with Crippen LogP contribution in [0.2, 0.25) is 0 Å². The molecule has 22 heavy (non-hydrogen) atoms. The molecule has 0 aliphatic heterocycles. The molecule has 5 nitrogen and oxygen atoms in total. The number of pyridine rings is 1. The number of thiazole rings is 1. The first-order valence-corrected chi connectivity index (χ1v) is 8.60. The summed E-state index contributed by atoms with van der Waals surface area (Å²) in [6.07, 6.45) is 1.97. The van der Waals surface area contributed by atoms with Crippen molar-refractivity contribution in [2.75, 3.05) is 0 Å². The van der Waals surface area contributed by atoms with E-state index in [0.29, 0.717) is 0 Å². The van der Waals surface area contributed by atoms with Crippen molar-refractivity contribution in [3.05, 3.63) is 53.4 Å². The maximum atomic E-state index is 5.61. The summed E-state index contributed by atoms with van der Waals surface area (Å²) in [5.41, 5.74) is 1.88. The van der Waals surface area contributed by atoms with Crippen molar-refractivity contribution in [3.63, 3.8) is 0 Å². The average Bonchev–Trinajstić information content (AvgIpc) is 3.24. The zero-order chi connectivity index (χ0) is 14.9. The molecule has 0 radical (unpaired) electrons. The Kier molecular flexibility index (Phi) is 3.44. The molecule has 0 saturated heterocycles. The molecule has 4 rings (SSSR count). The van der Waals surface area contributed by atoms with Gasteiger partial charge in [0.25, 0.3) is 0 Å². The van der Waals surface area contributed by atoms with Crippen LogP contribution in [0.1, 0.15) is 11.5 Å². The van der Waals surface area contributed by atoms with Crippen LogP contribution in [0.5, 0.6) is 0 Å². The SMILES string of the molecule is Cc1ccc(-c2nc(CSc3nnc4ccccn34)cs2)o1. The number of rotatable bonds is 4. The van der Waals surface area contributed by atoms with Crippen molar-refractivity contribution in [2.24, 2.45) is 0 Å². The molecule has 4 aromatic rings. The molecule has 0 N–H and O–H groups in total. The van der Waals surface area contributed by atoms with E-state index in [1.807, 2.05) is 47.9 Å². The van der Waals surface area contributed by atoms with E-state index in [9.17, 15) is 0 Å². The minimum absolute atomic E-state index is 0.756. The molecule has 0 spiro atoms.